The number of nitrogens with zero attached hydrogens (tertiary/aromatic N) is 2. The van der Waals surface area contributed by atoms with Crippen molar-refractivity contribution in [2.45, 2.75) is 18.7 Å². The van der Waals surface area contributed by atoms with Crippen molar-refractivity contribution in [3.8, 4) is 0 Å². The summed E-state index contributed by atoms with van der Waals surface area (Å²) in [5, 5.41) is 2.96. The Labute approximate surface area is 195 Å². The monoisotopic (exact) mass is 470 g/mol. The van der Waals surface area contributed by atoms with Crippen LogP contribution < -0.4 is 10.0 Å². The van der Waals surface area contributed by atoms with Crippen LogP contribution in [0, 0.1) is 13.8 Å². The number of rotatable bonds is 8. The summed E-state index contributed by atoms with van der Waals surface area (Å²) in [5.74, 6) is -0.316. The summed E-state index contributed by atoms with van der Waals surface area (Å²) in [6.07, 6.45) is 1.45. The van der Waals surface area contributed by atoms with Crippen molar-refractivity contribution in [2.24, 2.45) is 0 Å². The van der Waals surface area contributed by atoms with Gasteiger partial charge in [0.15, 0.2) is 0 Å². The first-order valence-electron chi connectivity index (χ1n) is 10.8. The average Bonchev–Trinajstić information content (AvgIpc) is 2.81. The smallest absolute Gasteiger partial charge is 0.253 e. The molecule has 9 heteroatoms. The molecule has 1 heterocycles. The molecule has 0 bridgehead atoms. The van der Waals surface area contributed by atoms with Crippen molar-refractivity contribution in [3.63, 3.8) is 0 Å². The maximum atomic E-state index is 12.9. The molecule has 2 N–H and O–H groups in total. The summed E-state index contributed by atoms with van der Waals surface area (Å²) < 4.78 is 27.1. The van der Waals surface area contributed by atoms with E-state index < -0.39 is 10.0 Å². The minimum atomic E-state index is -3.71. The third-order valence-corrected chi connectivity index (χ3v) is 7.14. The molecule has 0 radical (unpaired) electrons. The summed E-state index contributed by atoms with van der Waals surface area (Å²) in [7, 11) is -3.71. The molecular formula is C24H30N4O4S. The van der Waals surface area contributed by atoms with Crippen LogP contribution in [0.1, 0.15) is 21.5 Å². The van der Waals surface area contributed by atoms with Gasteiger partial charge in [0.05, 0.1) is 11.4 Å². The number of sulfonamides is 1. The molecule has 176 valence electrons. The summed E-state index contributed by atoms with van der Waals surface area (Å²) >= 11 is 0. The SMILES string of the molecule is C=CCNS(=O)(=O)c1cccc(C(=O)N2CCN(CC(=O)Nc3cccc(C)c3C)CC2)c1. The van der Waals surface area contributed by atoms with Crippen molar-refractivity contribution < 1.29 is 18.0 Å². The van der Waals surface area contributed by atoms with Gasteiger partial charge in [0, 0.05) is 44.0 Å². The summed E-state index contributed by atoms with van der Waals surface area (Å²) in [6, 6.07) is 11.8. The predicted molar refractivity (Wildman–Crippen MR) is 129 cm³/mol. The predicted octanol–water partition coefficient (Wildman–Crippen LogP) is 2.16. The number of piperazine rings is 1. The zero-order valence-electron chi connectivity index (χ0n) is 19.0. The van der Waals surface area contributed by atoms with Gasteiger partial charge in [0.2, 0.25) is 15.9 Å². The molecule has 0 unspecified atom stereocenters. The van der Waals surface area contributed by atoms with Crippen molar-refractivity contribution in [3.05, 3.63) is 71.8 Å². The molecule has 1 saturated heterocycles. The zero-order chi connectivity index (χ0) is 24.0. The van der Waals surface area contributed by atoms with E-state index in [0.717, 1.165) is 16.8 Å². The van der Waals surface area contributed by atoms with E-state index in [1.165, 1.54) is 18.2 Å². The Hall–Kier alpha value is -3.01. The van der Waals surface area contributed by atoms with Gasteiger partial charge in [-0.3, -0.25) is 14.5 Å². The molecule has 8 nitrogen and oxygen atoms in total. The summed E-state index contributed by atoms with van der Waals surface area (Å²) in [4.78, 5) is 29.1. The zero-order valence-corrected chi connectivity index (χ0v) is 19.8. The van der Waals surface area contributed by atoms with Crippen LogP contribution in [0.15, 0.2) is 60.0 Å². The molecule has 0 aromatic heterocycles. The van der Waals surface area contributed by atoms with Crippen molar-refractivity contribution in [1.29, 1.82) is 0 Å². The Morgan fingerprint density at radius 2 is 1.76 bits per heavy atom. The Kier molecular flexibility index (Phi) is 8.01. The Morgan fingerprint density at radius 3 is 2.45 bits per heavy atom. The average molecular weight is 471 g/mol. The number of hydrogen-bond donors (Lipinski definition) is 2. The highest BCUT2D eigenvalue weighted by Gasteiger charge is 2.24. The molecule has 2 aromatic carbocycles. The standard InChI is InChI=1S/C24H30N4O4S/c1-4-11-25-33(31,32)21-9-6-8-20(16-21)24(30)28-14-12-27(13-15-28)17-23(29)26-22-10-5-7-18(2)19(22)3/h4-10,16,25H,1,11-15,17H2,2-3H3,(H,26,29). The van der Waals surface area contributed by atoms with Gasteiger partial charge < -0.3 is 10.2 Å². The van der Waals surface area contributed by atoms with Crippen molar-refractivity contribution >= 4 is 27.5 Å². The quantitative estimate of drug-likeness (QED) is 0.576. The van der Waals surface area contributed by atoms with Gasteiger partial charge in [-0.15, -0.1) is 6.58 Å². The highest BCUT2D eigenvalue weighted by molar-refractivity contribution is 7.89. The van der Waals surface area contributed by atoms with Gasteiger partial charge in [0.1, 0.15) is 0 Å². The maximum absolute atomic E-state index is 12.9. The molecule has 33 heavy (non-hydrogen) atoms. The van der Waals surface area contributed by atoms with Gasteiger partial charge in [-0.05, 0) is 49.2 Å². The first-order chi connectivity index (χ1) is 15.7. The molecule has 0 atom stereocenters. The molecule has 2 aromatic rings. The molecule has 0 spiro atoms. The Bertz CT molecular complexity index is 1140. The van der Waals surface area contributed by atoms with Crippen LogP contribution in [-0.4, -0.2) is 69.3 Å². The maximum Gasteiger partial charge on any atom is 0.253 e. The molecule has 3 rings (SSSR count). The fourth-order valence-corrected chi connectivity index (χ4v) is 4.66. The number of nitrogens with one attached hydrogen (secondary N) is 2. The Morgan fingerprint density at radius 1 is 1.06 bits per heavy atom. The van der Waals surface area contributed by atoms with Crippen LogP contribution in [0.4, 0.5) is 5.69 Å². The van der Waals surface area contributed by atoms with Crippen molar-refractivity contribution in [1.82, 2.24) is 14.5 Å². The van der Waals surface area contributed by atoms with E-state index >= 15 is 0 Å². The van der Waals surface area contributed by atoms with Gasteiger partial charge in [-0.1, -0.05) is 24.3 Å². The second kappa shape index (κ2) is 10.7. The van der Waals surface area contributed by atoms with E-state index in [1.54, 1.807) is 17.0 Å². The van der Waals surface area contributed by atoms with E-state index in [4.69, 9.17) is 0 Å². The lowest BCUT2D eigenvalue weighted by molar-refractivity contribution is -0.117. The van der Waals surface area contributed by atoms with Crippen LogP contribution in [-0.2, 0) is 14.8 Å². The normalized spacial score (nSPS) is 14.7. The highest BCUT2D eigenvalue weighted by Crippen LogP contribution is 2.18. The molecule has 1 aliphatic rings. The molecule has 1 aliphatic heterocycles. The van der Waals surface area contributed by atoms with Crippen LogP contribution >= 0.6 is 0 Å². The fraction of sp³-hybridized carbons (Fsp3) is 0.333. The number of hydrogen-bond acceptors (Lipinski definition) is 5. The molecule has 0 saturated carbocycles. The first-order valence-corrected chi connectivity index (χ1v) is 12.3. The van der Waals surface area contributed by atoms with Crippen LogP contribution in [0.25, 0.3) is 0 Å². The fourth-order valence-electron chi connectivity index (χ4n) is 3.62. The van der Waals surface area contributed by atoms with Gasteiger partial charge >= 0.3 is 0 Å². The molecular weight excluding hydrogens is 440 g/mol. The first kappa shape index (κ1) is 24.6. The number of carbonyl (C=O) groups is 2. The topological polar surface area (TPSA) is 98.8 Å². The third-order valence-electron chi connectivity index (χ3n) is 5.71. The van der Waals surface area contributed by atoms with Gasteiger partial charge in [-0.2, -0.15) is 0 Å². The lowest BCUT2D eigenvalue weighted by atomic mass is 10.1. The number of benzene rings is 2. The minimum absolute atomic E-state index is 0.0388. The molecule has 1 fully saturated rings. The highest BCUT2D eigenvalue weighted by atomic mass is 32.2. The number of carbonyl (C=O) groups excluding carboxylic acids is 2. The van der Waals surface area contributed by atoms with E-state index in [1.807, 2.05) is 36.9 Å². The van der Waals surface area contributed by atoms with Crippen LogP contribution in [0.3, 0.4) is 0 Å². The lowest BCUT2D eigenvalue weighted by Gasteiger charge is -2.34. The van der Waals surface area contributed by atoms with Crippen LogP contribution in [0.5, 0.6) is 0 Å². The van der Waals surface area contributed by atoms with E-state index in [0.29, 0.717) is 31.7 Å². The largest absolute Gasteiger partial charge is 0.336 e. The molecule has 0 aliphatic carbocycles. The van der Waals surface area contributed by atoms with E-state index in [2.05, 4.69) is 16.6 Å². The summed E-state index contributed by atoms with van der Waals surface area (Å²) in [5.41, 5.74) is 3.29. The molecule has 2 amide bonds. The van der Waals surface area contributed by atoms with Gasteiger partial charge in [-0.25, -0.2) is 13.1 Å². The van der Waals surface area contributed by atoms with E-state index in [9.17, 15) is 18.0 Å². The summed E-state index contributed by atoms with van der Waals surface area (Å²) in [6.45, 7) is 9.88. The number of amides is 2. The lowest BCUT2D eigenvalue weighted by Crippen LogP contribution is -2.50. The number of aryl methyl sites for hydroxylation is 1. The van der Waals surface area contributed by atoms with Crippen molar-refractivity contribution in [2.75, 3.05) is 44.6 Å². The second-order valence-electron chi connectivity index (χ2n) is 8.03. The second-order valence-corrected chi connectivity index (χ2v) is 9.80. The van der Waals surface area contributed by atoms with E-state index in [-0.39, 0.29) is 29.8 Å². The minimum Gasteiger partial charge on any atom is -0.336 e. The van der Waals surface area contributed by atoms with Gasteiger partial charge in [0.25, 0.3) is 5.91 Å². The Balaban J connectivity index is 1.56. The van der Waals surface area contributed by atoms with Crippen LogP contribution in [0.2, 0.25) is 0 Å². The number of anilines is 1. The third kappa shape index (κ3) is 6.28.